The molecule has 0 radical (unpaired) electrons. The molecule has 174 valence electrons. The molecule has 3 aromatic heterocycles. The Balaban J connectivity index is 1.30. The van der Waals surface area contributed by atoms with Crippen LogP contribution in [-0.4, -0.2) is 43.2 Å². The summed E-state index contributed by atoms with van der Waals surface area (Å²) < 4.78 is 9.71. The van der Waals surface area contributed by atoms with Gasteiger partial charge < -0.3 is 14.8 Å². The Morgan fingerprint density at radius 2 is 2.03 bits per heavy atom. The van der Waals surface area contributed by atoms with E-state index < -0.39 is 0 Å². The van der Waals surface area contributed by atoms with Crippen LogP contribution < -0.4 is 10.1 Å². The van der Waals surface area contributed by atoms with Crippen LogP contribution in [0.15, 0.2) is 43.0 Å². The molecule has 0 saturated heterocycles. The summed E-state index contributed by atoms with van der Waals surface area (Å²) in [5, 5.41) is 13.0. The first-order chi connectivity index (χ1) is 16.7. The van der Waals surface area contributed by atoms with Gasteiger partial charge in [-0.25, -0.2) is 9.50 Å². The van der Waals surface area contributed by atoms with Crippen LogP contribution in [-0.2, 0) is 4.79 Å². The predicted octanol–water partition coefficient (Wildman–Crippen LogP) is 4.05. The van der Waals surface area contributed by atoms with Gasteiger partial charge in [0.15, 0.2) is 5.65 Å². The van der Waals surface area contributed by atoms with Gasteiger partial charge in [0.25, 0.3) is 5.91 Å². The van der Waals surface area contributed by atoms with Crippen LogP contribution in [0.2, 0.25) is 0 Å². The Labute approximate surface area is 196 Å². The summed E-state index contributed by atoms with van der Waals surface area (Å²) in [4.78, 5) is 28.5. The van der Waals surface area contributed by atoms with Crippen molar-refractivity contribution in [3.63, 3.8) is 0 Å². The molecule has 6 rings (SSSR count). The molecule has 2 aliphatic rings. The maximum Gasteiger partial charge on any atom is 0.261 e. The summed E-state index contributed by atoms with van der Waals surface area (Å²) >= 11 is 0. The van der Waals surface area contributed by atoms with Crippen LogP contribution in [0.3, 0.4) is 0 Å². The van der Waals surface area contributed by atoms with Gasteiger partial charge in [-0.1, -0.05) is 0 Å². The number of benzene rings is 1. The highest BCUT2D eigenvalue weighted by molar-refractivity contribution is 6.09. The molecule has 2 aliphatic carbocycles. The Kier molecular flexibility index (Phi) is 5.24. The van der Waals surface area contributed by atoms with Crippen molar-refractivity contribution in [2.24, 2.45) is 11.8 Å². The van der Waals surface area contributed by atoms with E-state index in [1.54, 1.807) is 23.0 Å². The van der Waals surface area contributed by atoms with Crippen LogP contribution in [0.5, 0.6) is 5.75 Å². The molecule has 1 N–H and O–H groups in total. The molecule has 9 heteroatoms. The summed E-state index contributed by atoms with van der Waals surface area (Å²) in [6.45, 7) is 0.628. The second kappa shape index (κ2) is 8.55. The number of hydrogen-bond donors (Lipinski definition) is 1. The fraction of sp³-hybridized carbons (Fsp3) is 0.400. The minimum atomic E-state index is -0.288. The van der Waals surface area contributed by atoms with E-state index >= 15 is 0 Å². The van der Waals surface area contributed by atoms with E-state index in [2.05, 4.69) is 15.4 Å². The first-order valence-electron chi connectivity index (χ1n) is 11.9. The molecule has 34 heavy (non-hydrogen) atoms. The molecule has 0 aliphatic heterocycles. The van der Waals surface area contributed by atoms with Crippen LogP contribution in [0, 0.1) is 11.8 Å². The number of nitrogens with zero attached hydrogens (tertiary/aromatic N) is 5. The molecule has 1 aromatic carbocycles. The standard InChI is InChI=1S/C25H26N6O3/c32-14-16-4-6-19(7-5-16)31-13-18-10-22(23(11-21(18)29-31)34-15-17-2-3-17)28-25(33)20-12-27-30-9-1-8-26-24(20)30/h1,8-14,16-17,19H,2-7,15H2,(H,28,33). The number of carbonyl (C=O) groups excluding carboxylic acids is 2. The minimum Gasteiger partial charge on any atom is -0.491 e. The van der Waals surface area contributed by atoms with Crippen molar-refractivity contribution in [1.82, 2.24) is 24.4 Å². The lowest BCUT2D eigenvalue weighted by Gasteiger charge is -2.25. The van der Waals surface area contributed by atoms with E-state index in [0.29, 0.717) is 35.2 Å². The summed E-state index contributed by atoms with van der Waals surface area (Å²) in [7, 11) is 0. The summed E-state index contributed by atoms with van der Waals surface area (Å²) in [5.74, 6) is 1.07. The lowest BCUT2D eigenvalue weighted by Crippen LogP contribution is -2.19. The average Bonchev–Trinajstić information content (AvgIpc) is 3.45. The third kappa shape index (κ3) is 4.02. The van der Waals surface area contributed by atoms with E-state index in [-0.39, 0.29) is 17.9 Å². The van der Waals surface area contributed by atoms with E-state index in [4.69, 9.17) is 9.84 Å². The van der Waals surface area contributed by atoms with Crippen molar-refractivity contribution in [2.45, 2.75) is 44.6 Å². The van der Waals surface area contributed by atoms with Crippen molar-refractivity contribution < 1.29 is 14.3 Å². The van der Waals surface area contributed by atoms with E-state index in [1.165, 1.54) is 19.0 Å². The van der Waals surface area contributed by atoms with Crippen molar-refractivity contribution in [3.8, 4) is 5.75 Å². The molecular formula is C25H26N6O3. The normalized spacial score (nSPS) is 20.5. The molecule has 9 nitrogen and oxygen atoms in total. The third-order valence-corrected chi connectivity index (χ3v) is 6.87. The van der Waals surface area contributed by atoms with Gasteiger partial charge in [-0.2, -0.15) is 10.2 Å². The monoisotopic (exact) mass is 458 g/mol. The minimum absolute atomic E-state index is 0.167. The van der Waals surface area contributed by atoms with Crippen molar-refractivity contribution in [2.75, 3.05) is 11.9 Å². The number of anilines is 1. The van der Waals surface area contributed by atoms with Crippen LogP contribution in [0.1, 0.15) is 54.9 Å². The summed E-state index contributed by atoms with van der Waals surface area (Å²) in [6, 6.07) is 5.88. The number of aldehydes is 1. The fourth-order valence-corrected chi connectivity index (χ4v) is 4.65. The molecule has 3 heterocycles. The number of ether oxygens (including phenoxy) is 1. The zero-order valence-corrected chi connectivity index (χ0v) is 18.8. The molecule has 2 saturated carbocycles. The largest absolute Gasteiger partial charge is 0.491 e. The van der Waals surface area contributed by atoms with Crippen LogP contribution in [0.4, 0.5) is 5.69 Å². The van der Waals surface area contributed by atoms with Gasteiger partial charge in [0.2, 0.25) is 0 Å². The number of rotatable bonds is 7. The number of aromatic nitrogens is 5. The summed E-state index contributed by atoms with van der Waals surface area (Å²) in [6.07, 6.45) is 14.0. The maximum absolute atomic E-state index is 13.1. The van der Waals surface area contributed by atoms with Gasteiger partial charge in [0.1, 0.15) is 17.6 Å². The molecule has 0 spiro atoms. The highest BCUT2D eigenvalue weighted by Gasteiger charge is 2.25. The lowest BCUT2D eigenvalue weighted by molar-refractivity contribution is -0.112. The van der Waals surface area contributed by atoms with Crippen molar-refractivity contribution in [1.29, 1.82) is 0 Å². The third-order valence-electron chi connectivity index (χ3n) is 6.87. The number of amides is 1. The second-order valence-corrected chi connectivity index (χ2v) is 9.38. The summed E-state index contributed by atoms with van der Waals surface area (Å²) in [5.41, 5.74) is 2.34. The topological polar surface area (TPSA) is 103 Å². The average molecular weight is 459 g/mol. The van der Waals surface area contributed by atoms with Crippen molar-refractivity contribution >= 4 is 34.4 Å². The number of nitrogens with one attached hydrogen (secondary N) is 1. The highest BCUT2D eigenvalue weighted by atomic mass is 16.5. The first kappa shape index (κ1) is 20.8. The van der Waals surface area contributed by atoms with E-state index in [1.807, 2.05) is 23.0 Å². The Morgan fingerprint density at radius 1 is 1.18 bits per heavy atom. The molecule has 0 atom stereocenters. The first-order valence-corrected chi connectivity index (χ1v) is 11.9. The van der Waals surface area contributed by atoms with E-state index in [9.17, 15) is 9.59 Å². The number of hydrogen-bond acceptors (Lipinski definition) is 6. The highest BCUT2D eigenvalue weighted by Crippen LogP contribution is 2.36. The Morgan fingerprint density at radius 3 is 2.82 bits per heavy atom. The van der Waals surface area contributed by atoms with Gasteiger partial charge in [-0.15, -0.1) is 0 Å². The lowest BCUT2D eigenvalue weighted by atomic mass is 9.87. The zero-order valence-electron chi connectivity index (χ0n) is 18.8. The Bertz CT molecular complexity index is 1360. The zero-order chi connectivity index (χ0) is 23.1. The number of fused-ring (bicyclic) bond motifs is 2. The molecular weight excluding hydrogens is 432 g/mol. The Hall–Kier alpha value is -3.75. The molecule has 1 amide bonds. The van der Waals surface area contributed by atoms with Gasteiger partial charge in [-0.05, 0) is 56.6 Å². The van der Waals surface area contributed by atoms with Gasteiger partial charge in [0, 0.05) is 36.0 Å². The van der Waals surface area contributed by atoms with Gasteiger partial charge >= 0.3 is 0 Å². The quantitative estimate of drug-likeness (QED) is 0.419. The molecule has 2 fully saturated rings. The second-order valence-electron chi connectivity index (χ2n) is 9.38. The smallest absolute Gasteiger partial charge is 0.261 e. The van der Waals surface area contributed by atoms with Crippen molar-refractivity contribution in [3.05, 3.63) is 48.5 Å². The predicted molar refractivity (Wildman–Crippen MR) is 126 cm³/mol. The van der Waals surface area contributed by atoms with Crippen LogP contribution >= 0.6 is 0 Å². The van der Waals surface area contributed by atoms with E-state index in [0.717, 1.165) is 42.9 Å². The molecule has 0 bridgehead atoms. The molecule has 0 unspecified atom stereocenters. The van der Waals surface area contributed by atoms with Gasteiger partial charge in [0.05, 0.1) is 30.0 Å². The van der Waals surface area contributed by atoms with Crippen LogP contribution in [0.25, 0.3) is 16.6 Å². The maximum atomic E-state index is 13.1. The fourth-order valence-electron chi connectivity index (χ4n) is 4.65. The van der Waals surface area contributed by atoms with Gasteiger partial charge in [-0.3, -0.25) is 9.48 Å². The SMILES string of the molecule is O=CC1CCC(n2cc3cc(NC(=O)c4cnn5cccnc45)c(OCC4CC4)cc3n2)CC1. The molecule has 4 aromatic rings. The number of carbonyl (C=O) groups is 2.